The van der Waals surface area contributed by atoms with Gasteiger partial charge in [-0.05, 0) is 67.5 Å². The van der Waals surface area contributed by atoms with Crippen molar-refractivity contribution >= 4 is 5.91 Å². The van der Waals surface area contributed by atoms with Gasteiger partial charge in [0.1, 0.15) is 5.54 Å². The third-order valence-corrected chi connectivity index (χ3v) is 5.35. The third kappa shape index (κ3) is 5.06. The number of hydrogen-bond acceptors (Lipinski definition) is 4. The highest BCUT2D eigenvalue weighted by Crippen LogP contribution is 2.30. The summed E-state index contributed by atoms with van der Waals surface area (Å²) < 4.78 is 0. The number of amides is 1. The van der Waals surface area contributed by atoms with Crippen LogP contribution in [0.1, 0.15) is 34.2 Å². The van der Waals surface area contributed by atoms with E-state index in [-0.39, 0.29) is 5.91 Å². The minimum atomic E-state index is -0.950. The topological polar surface area (TPSA) is 80.9 Å². The first-order valence-electron chi connectivity index (χ1n) is 9.92. The van der Waals surface area contributed by atoms with Crippen LogP contribution in [0.4, 0.5) is 0 Å². The van der Waals surface area contributed by atoms with E-state index in [1.165, 1.54) is 0 Å². The van der Waals surface area contributed by atoms with E-state index in [1.54, 1.807) is 12.4 Å². The molecule has 29 heavy (non-hydrogen) atoms. The minimum Gasteiger partial charge on any atom is -0.368 e. The number of benzene rings is 1. The molecular formula is C24H28N4O. The van der Waals surface area contributed by atoms with Gasteiger partial charge in [0.15, 0.2) is 0 Å². The molecule has 3 N–H and O–H groups in total. The predicted octanol–water partition coefficient (Wildman–Crippen LogP) is 3.24. The van der Waals surface area contributed by atoms with Crippen molar-refractivity contribution in [2.75, 3.05) is 6.54 Å². The number of nitrogens with two attached hydrogens (primary N) is 1. The first kappa shape index (κ1) is 20.7. The first-order chi connectivity index (χ1) is 14.0. The second kappa shape index (κ2) is 9.43. The van der Waals surface area contributed by atoms with Gasteiger partial charge in [-0.1, -0.05) is 35.9 Å². The van der Waals surface area contributed by atoms with Crippen LogP contribution >= 0.6 is 0 Å². The molecule has 1 atom stereocenters. The lowest BCUT2D eigenvalue weighted by atomic mass is 9.80. The molecule has 5 heteroatoms. The summed E-state index contributed by atoms with van der Waals surface area (Å²) in [6.07, 6.45) is 9.22. The van der Waals surface area contributed by atoms with Crippen molar-refractivity contribution < 1.29 is 4.79 Å². The Kier molecular flexibility index (Phi) is 6.73. The molecule has 0 aliphatic heterocycles. The lowest BCUT2D eigenvalue weighted by Gasteiger charge is -2.34. The molecule has 3 rings (SSSR count). The molecule has 2 aromatic heterocycles. The van der Waals surface area contributed by atoms with Crippen molar-refractivity contribution in [3.8, 4) is 0 Å². The van der Waals surface area contributed by atoms with Gasteiger partial charge in [-0.15, -0.1) is 0 Å². The SMILES string of the molecule is Cc1ccc(C)c(C(CCc2cccnc2)(NCCc2cccnc2)C(N)=O)c1. The average molecular weight is 389 g/mol. The van der Waals surface area contributed by atoms with Gasteiger partial charge in [0.2, 0.25) is 5.91 Å². The smallest absolute Gasteiger partial charge is 0.242 e. The van der Waals surface area contributed by atoms with Crippen molar-refractivity contribution in [3.63, 3.8) is 0 Å². The monoisotopic (exact) mass is 388 g/mol. The highest BCUT2D eigenvalue weighted by molar-refractivity contribution is 5.86. The van der Waals surface area contributed by atoms with Crippen LogP contribution in [-0.4, -0.2) is 22.4 Å². The summed E-state index contributed by atoms with van der Waals surface area (Å²) >= 11 is 0. The molecule has 0 saturated heterocycles. The molecule has 1 amide bonds. The maximum absolute atomic E-state index is 12.9. The summed E-state index contributed by atoms with van der Waals surface area (Å²) in [7, 11) is 0. The number of pyridine rings is 2. The van der Waals surface area contributed by atoms with Crippen LogP contribution in [0.5, 0.6) is 0 Å². The zero-order valence-electron chi connectivity index (χ0n) is 17.1. The Labute approximate surface area is 172 Å². The molecular weight excluding hydrogens is 360 g/mol. The van der Waals surface area contributed by atoms with Crippen molar-refractivity contribution in [2.24, 2.45) is 5.73 Å². The summed E-state index contributed by atoms with van der Waals surface area (Å²) in [6.45, 7) is 4.68. The van der Waals surface area contributed by atoms with Crippen LogP contribution in [0, 0.1) is 13.8 Å². The summed E-state index contributed by atoms with van der Waals surface area (Å²) in [5, 5.41) is 3.51. The Hall–Kier alpha value is -3.05. The lowest BCUT2D eigenvalue weighted by molar-refractivity contribution is -0.125. The molecule has 0 spiro atoms. The third-order valence-electron chi connectivity index (χ3n) is 5.35. The quantitative estimate of drug-likeness (QED) is 0.590. The van der Waals surface area contributed by atoms with E-state index >= 15 is 0 Å². The molecule has 150 valence electrons. The van der Waals surface area contributed by atoms with Gasteiger partial charge in [0.25, 0.3) is 0 Å². The Morgan fingerprint density at radius 1 is 1.00 bits per heavy atom. The molecule has 5 nitrogen and oxygen atoms in total. The number of nitrogens with zero attached hydrogens (tertiary/aromatic N) is 2. The molecule has 0 saturated carbocycles. The van der Waals surface area contributed by atoms with Crippen LogP contribution in [0.2, 0.25) is 0 Å². The summed E-state index contributed by atoms with van der Waals surface area (Å²) in [4.78, 5) is 21.2. The van der Waals surface area contributed by atoms with Gasteiger partial charge >= 0.3 is 0 Å². The fourth-order valence-electron chi connectivity index (χ4n) is 3.70. The Morgan fingerprint density at radius 3 is 2.24 bits per heavy atom. The zero-order chi connectivity index (χ0) is 20.7. The number of hydrogen-bond donors (Lipinski definition) is 2. The number of nitrogens with one attached hydrogen (secondary N) is 1. The van der Waals surface area contributed by atoms with Gasteiger partial charge in [-0.25, -0.2) is 0 Å². The highest BCUT2D eigenvalue weighted by atomic mass is 16.1. The number of carbonyl (C=O) groups is 1. The maximum atomic E-state index is 12.9. The van der Waals surface area contributed by atoms with Gasteiger partial charge in [0.05, 0.1) is 0 Å². The second-order valence-corrected chi connectivity index (χ2v) is 7.49. The minimum absolute atomic E-state index is 0.360. The van der Waals surface area contributed by atoms with Gasteiger partial charge in [-0.2, -0.15) is 0 Å². The van der Waals surface area contributed by atoms with E-state index in [0.717, 1.165) is 34.2 Å². The predicted molar refractivity (Wildman–Crippen MR) is 115 cm³/mol. The average Bonchev–Trinajstić information content (AvgIpc) is 2.74. The van der Waals surface area contributed by atoms with Crippen LogP contribution in [-0.2, 0) is 23.2 Å². The fraction of sp³-hybridized carbons (Fsp3) is 0.292. The number of aromatic nitrogens is 2. The van der Waals surface area contributed by atoms with Crippen LogP contribution in [0.3, 0.4) is 0 Å². The van der Waals surface area contributed by atoms with Crippen molar-refractivity contribution in [3.05, 3.63) is 95.1 Å². The molecule has 1 unspecified atom stereocenters. The largest absolute Gasteiger partial charge is 0.368 e. The molecule has 0 aliphatic rings. The van der Waals surface area contributed by atoms with Gasteiger partial charge in [0, 0.05) is 31.3 Å². The van der Waals surface area contributed by atoms with Gasteiger partial charge < -0.3 is 5.73 Å². The van der Waals surface area contributed by atoms with E-state index in [9.17, 15) is 4.79 Å². The molecule has 0 bridgehead atoms. The van der Waals surface area contributed by atoms with Crippen molar-refractivity contribution in [1.29, 1.82) is 0 Å². The highest BCUT2D eigenvalue weighted by Gasteiger charge is 2.38. The second-order valence-electron chi connectivity index (χ2n) is 7.49. The van der Waals surface area contributed by atoms with Crippen LogP contribution < -0.4 is 11.1 Å². The number of aryl methyl sites for hydroxylation is 3. The normalized spacial score (nSPS) is 13.0. The first-order valence-corrected chi connectivity index (χ1v) is 9.92. The fourth-order valence-corrected chi connectivity index (χ4v) is 3.70. The zero-order valence-corrected chi connectivity index (χ0v) is 17.1. The lowest BCUT2D eigenvalue weighted by Crippen LogP contribution is -2.54. The number of carbonyl (C=O) groups excluding carboxylic acids is 1. The standard InChI is InChI=1S/C24H28N4O/c1-18-7-8-19(2)22(15-18)24(23(25)29,11-9-20-5-3-12-26-16-20)28-14-10-21-6-4-13-27-17-21/h3-8,12-13,15-17,28H,9-11,14H2,1-2H3,(H2,25,29). The van der Waals surface area contributed by atoms with E-state index in [0.29, 0.717) is 19.4 Å². The van der Waals surface area contributed by atoms with Crippen LogP contribution in [0.25, 0.3) is 0 Å². The summed E-state index contributed by atoms with van der Waals surface area (Å²) in [5.74, 6) is -0.360. The molecule has 0 fully saturated rings. The molecule has 0 aliphatic carbocycles. The summed E-state index contributed by atoms with van der Waals surface area (Å²) in [6, 6.07) is 14.1. The van der Waals surface area contributed by atoms with E-state index < -0.39 is 5.54 Å². The van der Waals surface area contributed by atoms with Crippen LogP contribution in [0.15, 0.2) is 67.3 Å². The van der Waals surface area contributed by atoms with E-state index in [2.05, 4.69) is 33.5 Å². The van der Waals surface area contributed by atoms with Gasteiger partial charge in [-0.3, -0.25) is 20.1 Å². The molecule has 0 radical (unpaired) electrons. The Morgan fingerprint density at radius 2 is 1.66 bits per heavy atom. The van der Waals surface area contributed by atoms with Crippen molar-refractivity contribution in [2.45, 2.75) is 38.6 Å². The summed E-state index contributed by atoms with van der Waals surface area (Å²) in [5.41, 5.74) is 10.4. The van der Waals surface area contributed by atoms with E-state index in [1.807, 2.05) is 50.5 Å². The number of primary amides is 1. The Balaban J connectivity index is 1.90. The Bertz CT molecular complexity index is 944. The molecule has 1 aromatic carbocycles. The maximum Gasteiger partial charge on any atom is 0.242 e. The number of rotatable bonds is 9. The van der Waals surface area contributed by atoms with Crippen molar-refractivity contribution in [1.82, 2.24) is 15.3 Å². The van der Waals surface area contributed by atoms with E-state index in [4.69, 9.17) is 5.73 Å². The molecule has 2 heterocycles. The molecule has 3 aromatic rings.